The second-order valence-corrected chi connectivity index (χ2v) is 6.42. The van der Waals surface area contributed by atoms with Crippen molar-refractivity contribution in [3.05, 3.63) is 36.3 Å². The van der Waals surface area contributed by atoms with Crippen LogP contribution in [0.4, 0.5) is 18.0 Å². The molecule has 0 radical (unpaired) electrons. The Balaban J connectivity index is 1.43. The van der Waals surface area contributed by atoms with Gasteiger partial charge in [0.15, 0.2) is 0 Å². The molecule has 1 atom stereocenters. The van der Waals surface area contributed by atoms with Gasteiger partial charge in [-0.3, -0.25) is 4.90 Å². The number of carbonyl (C=O) groups excluding carboxylic acids is 1. The molecule has 3 heterocycles. The molecule has 0 bridgehead atoms. The minimum absolute atomic E-state index is 0.223. The third kappa shape index (κ3) is 4.27. The average molecular weight is 369 g/mol. The second kappa shape index (κ2) is 7.53. The van der Waals surface area contributed by atoms with Crippen molar-refractivity contribution in [1.29, 1.82) is 0 Å². The van der Waals surface area contributed by atoms with Crippen molar-refractivity contribution in [2.45, 2.75) is 25.6 Å². The molecule has 142 valence electrons. The summed E-state index contributed by atoms with van der Waals surface area (Å²) in [5.41, 5.74) is 1.73. The van der Waals surface area contributed by atoms with E-state index in [2.05, 4.69) is 10.3 Å². The second-order valence-electron chi connectivity index (χ2n) is 6.42. The Labute approximate surface area is 149 Å². The number of urea groups is 1. The molecule has 6 nitrogen and oxygen atoms in total. The number of pyridine rings is 1. The maximum Gasteiger partial charge on any atom is 0.403 e. The minimum atomic E-state index is -4.24. The first-order valence-corrected chi connectivity index (χ1v) is 8.61. The third-order valence-corrected chi connectivity index (χ3v) is 4.69. The smallest absolute Gasteiger partial charge is 0.338 e. The van der Waals surface area contributed by atoms with E-state index in [1.807, 2.05) is 35.0 Å². The molecule has 2 aromatic rings. The molecule has 0 aliphatic carbocycles. The van der Waals surface area contributed by atoms with Gasteiger partial charge in [-0.25, -0.2) is 9.78 Å². The topological polar surface area (TPSA) is 52.9 Å². The number of carbonyl (C=O) groups is 1. The molecule has 1 fully saturated rings. The molecule has 1 aliphatic rings. The maximum atomic E-state index is 12.8. The average Bonchev–Trinajstić information content (AvgIpc) is 3.03. The highest BCUT2D eigenvalue weighted by atomic mass is 19.4. The molecule has 1 N–H and O–H groups in total. The Hall–Kier alpha value is -2.29. The molecule has 0 saturated carbocycles. The normalized spacial score (nSPS) is 17.5. The fourth-order valence-corrected chi connectivity index (χ4v) is 3.04. The highest BCUT2D eigenvalue weighted by Gasteiger charge is 2.41. The number of rotatable bonds is 4. The van der Waals surface area contributed by atoms with Gasteiger partial charge in [0.1, 0.15) is 11.7 Å². The quantitative estimate of drug-likeness (QED) is 0.899. The van der Waals surface area contributed by atoms with E-state index in [0.29, 0.717) is 26.1 Å². The van der Waals surface area contributed by atoms with E-state index in [0.717, 1.165) is 18.3 Å². The monoisotopic (exact) mass is 369 g/mol. The summed E-state index contributed by atoms with van der Waals surface area (Å²) in [6.07, 6.45) is 0.182. The van der Waals surface area contributed by atoms with E-state index in [1.54, 1.807) is 4.90 Å². The van der Waals surface area contributed by atoms with E-state index >= 15 is 0 Å². The molecule has 1 saturated heterocycles. The van der Waals surface area contributed by atoms with Gasteiger partial charge in [-0.1, -0.05) is 6.07 Å². The van der Waals surface area contributed by atoms with Gasteiger partial charge >= 0.3 is 12.2 Å². The number of nitrogens with zero attached hydrogens (tertiary/aromatic N) is 4. The zero-order valence-electron chi connectivity index (χ0n) is 14.5. The lowest BCUT2D eigenvalue weighted by atomic mass is 10.2. The first kappa shape index (κ1) is 18.5. The molecule has 3 rings (SSSR count). The van der Waals surface area contributed by atoms with Crippen LogP contribution in [-0.2, 0) is 6.42 Å². The molecular weight excluding hydrogens is 347 g/mol. The lowest BCUT2D eigenvalue weighted by molar-refractivity contribution is -0.181. The molecular formula is C17H22F3N5O. The van der Waals surface area contributed by atoms with Gasteiger partial charge in [-0.15, -0.1) is 0 Å². The molecule has 0 aromatic carbocycles. The third-order valence-electron chi connectivity index (χ3n) is 4.69. The van der Waals surface area contributed by atoms with Crippen LogP contribution < -0.4 is 5.32 Å². The van der Waals surface area contributed by atoms with Crippen LogP contribution in [0.1, 0.15) is 12.6 Å². The number of fused-ring (bicyclic) bond motifs is 1. The van der Waals surface area contributed by atoms with Crippen molar-refractivity contribution in [2.75, 3.05) is 32.7 Å². The fourth-order valence-electron chi connectivity index (χ4n) is 3.04. The predicted octanol–water partition coefficient (Wildman–Crippen LogP) is 2.15. The Kier molecular flexibility index (Phi) is 5.36. The van der Waals surface area contributed by atoms with E-state index in [9.17, 15) is 18.0 Å². The van der Waals surface area contributed by atoms with Gasteiger partial charge in [0.25, 0.3) is 0 Å². The maximum absolute atomic E-state index is 12.8. The number of hydrogen-bond acceptors (Lipinski definition) is 3. The summed E-state index contributed by atoms with van der Waals surface area (Å²) in [6.45, 7) is 2.62. The minimum Gasteiger partial charge on any atom is -0.338 e. The molecule has 9 heteroatoms. The van der Waals surface area contributed by atoms with Crippen molar-refractivity contribution in [2.24, 2.45) is 0 Å². The van der Waals surface area contributed by atoms with Gasteiger partial charge in [0.2, 0.25) is 0 Å². The first-order valence-electron chi connectivity index (χ1n) is 8.61. The van der Waals surface area contributed by atoms with Crippen LogP contribution >= 0.6 is 0 Å². The van der Waals surface area contributed by atoms with Gasteiger partial charge in [0, 0.05) is 51.5 Å². The van der Waals surface area contributed by atoms with Crippen LogP contribution in [0.3, 0.4) is 0 Å². The number of aromatic nitrogens is 2. The Morgan fingerprint density at radius 3 is 2.65 bits per heavy atom. The number of hydrogen-bond donors (Lipinski definition) is 1. The number of imidazole rings is 1. The lowest BCUT2D eigenvalue weighted by Gasteiger charge is -2.38. The summed E-state index contributed by atoms with van der Waals surface area (Å²) < 4.78 is 40.2. The summed E-state index contributed by atoms with van der Waals surface area (Å²) in [4.78, 5) is 19.6. The van der Waals surface area contributed by atoms with Crippen LogP contribution in [0.25, 0.3) is 5.65 Å². The lowest BCUT2D eigenvalue weighted by Crippen LogP contribution is -2.56. The van der Waals surface area contributed by atoms with Gasteiger partial charge in [-0.2, -0.15) is 13.2 Å². The Morgan fingerprint density at radius 1 is 1.27 bits per heavy atom. The number of piperazine rings is 1. The van der Waals surface area contributed by atoms with Crippen LogP contribution in [0.15, 0.2) is 30.6 Å². The number of amides is 2. The highest BCUT2D eigenvalue weighted by molar-refractivity contribution is 5.74. The molecule has 0 spiro atoms. The van der Waals surface area contributed by atoms with Crippen LogP contribution in [-0.4, -0.2) is 70.2 Å². The summed E-state index contributed by atoms with van der Waals surface area (Å²) in [6, 6.07) is 4.01. The molecule has 2 aromatic heterocycles. The number of nitrogens with one attached hydrogen (secondary N) is 1. The van der Waals surface area contributed by atoms with Crippen molar-refractivity contribution in [3.63, 3.8) is 0 Å². The standard InChI is InChI=1S/C17H22F3N5O/c1-13(17(18,19)20)23-8-10-24(11-9-23)16(26)21-6-5-14-12-25-7-3-2-4-15(25)22-14/h2-4,7,12-13H,5-6,8-11H2,1H3,(H,21,26). The van der Waals surface area contributed by atoms with Gasteiger partial charge < -0.3 is 14.6 Å². The number of alkyl halides is 3. The summed E-state index contributed by atoms with van der Waals surface area (Å²) in [7, 11) is 0. The van der Waals surface area contributed by atoms with Crippen molar-refractivity contribution >= 4 is 11.7 Å². The fraction of sp³-hybridized carbons (Fsp3) is 0.529. The summed E-state index contributed by atoms with van der Waals surface area (Å²) in [5, 5.41) is 2.82. The molecule has 1 aliphatic heterocycles. The van der Waals surface area contributed by atoms with E-state index in [4.69, 9.17) is 0 Å². The summed E-state index contributed by atoms with van der Waals surface area (Å²) in [5.74, 6) is 0. The zero-order chi connectivity index (χ0) is 18.7. The van der Waals surface area contributed by atoms with Gasteiger partial charge in [0.05, 0.1) is 5.69 Å². The first-order chi connectivity index (χ1) is 12.3. The van der Waals surface area contributed by atoms with Crippen LogP contribution in [0, 0.1) is 0 Å². The van der Waals surface area contributed by atoms with E-state index in [-0.39, 0.29) is 19.1 Å². The Morgan fingerprint density at radius 2 is 2.00 bits per heavy atom. The van der Waals surface area contributed by atoms with Crippen LogP contribution in [0.5, 0.6) is 0 Å². The van der Waals surface area contributed by atoms with E-state index < -0.39 is 12.2 Å². The Bertz CT molecular complexity index is 719. The highest BCUT2D eigenvalue weighted by Crippen LogP contribution is 2.25. The SMILES string of the molecule is CC(N1CCN(C(=O)NCCc2cn3ccccc3n2)CC1)C(F)(F)F. The summed E-state index contributed by atoms with van der Waals surface area (Å²) >= 11 is 0. The number of halogens is 3. The van der Waals surface area contributed by atoms with E-state index in [1.165, 1.54) is 4.90 Å². The van der Waals surface area contributed by atoms with Crippen molar-refractivity contribution in [3.8, 4) is 0 Å². The largest absolute Gasteiger partial charge is 0.403 e. The predicted molar refractivity (Wildman–Crippen MR) is 91.0 cm³/mol. The molecule has 2 amide bonds. The van der Waals surface area contributed by atoms with Gasteiger partial charge in [-0.05, 0) is 19.1 Å². The van der Waals surface area contributed by atoms with Crippen molar-refractivity contribution < 1.29 is 18.0 Å². The molecule has 26 heavy (non-hydrogen) atoms. The zero-order valence-corrected chi connectivity index (χ0v) is 14.5. The van der Waals surface area contributed by atoms with Crippen LogP contribution in [0.2, 0.25) is 0 Å². The molecule has 1 unspecified atom stereocenters. The van der Waals surface area contributed by atoms with Crippen molar-refractivity contribution in [1.82, 2.24) is 24.5 Å².